The third-order valence-corrected chi connectivity index (χ3v) is 11.9. The van der Waals surface area contributed by atoms with Crippen molar-refractivity contribution in [1.82, 2.24) is 9.80 Å². The highest BCUT2D eigenvalue weighted by Crippen LogP contribution is 2.43. The number of nitrogens with zero attached hydrogens (tertiary/aromatic N) is 2. The molecule has 0 aliphatic heterocycles. The van der Waals surface area contributed by atoms with Gasteiger partial charge in [0.2, 0.25) is 0 Å². The molecule has 0 saturated carbocycles. The molecule has 0 aromatic heterocycles. The zero-order valence-corrected chi connectivity index (χ0v) is 46.6. The maximum absolute atomic E-state index is 13.2. The molecule has 416 valence electrons. The molecule has 3 atom stereocenters. The molecule has 0 aromatic carbocycles. The van der Waals surface area contributed by atoms with Crippen molar-refractivity contribution in [3.05, 3.63) is 0 Å². The van der Waals surface area contributed by atoms with Crippen molar-refractivity contribution >= 4 is 43.9 Å². The number of carbonyl (C=O) groups excluding carboxylic acids is 6. The lowest BCUT2D eigenvalue weighted by Gasteiger charge is -2.25. The summed E-state index contributed by atoms with van der Waals surface area (Å²) in [4.78, 5) is 89.2. The Labute approximate surface area is 427 Å². The average molecular weight is 1040 g/mol. The smallest absolute Gasteiger partial charge is 0.462 e. The maximum atomic E-state index is 13.2. The fraction of sp³-hybridized carbons (Fsp3) is 0.885. The Morgan fingerprint density at radius 1 is 0.437 bits per heavy atom. The molecule has 0 heterocycles. The van der Waals surface area contributed by atoms with Gasteiger partial charge in [-0.05, 0) is 54.4 Å². The van der Waals surface area contributed by atoms with E-state index in [2.05, 4.69) is 13.8 Å². The number of hydrogen-bond acceptors (Lipinski definition) is 15. The van der Waals surface area contributed by atoms with E-state index in [0.29, 0.717) is 12.8 Å². The van der Waals surface area contributed by atoms with Crippen molar-refractivity contribution in [1.29, 1.82) is 0 Å². The number of esters is 4. The molecule has 1 N–H and O–H groups in total. The highest BCUT2D eigenvalue weighted by Gasteiger charge is 2.30. The van der Waals surface area contributed by atoms with E-state index in [4.69, 9.17) is 37.5 Å². The second-order valence-electron chi connectivity index (χ2n) is 20.5. The molecule has 0 rings (SSSR count). The normalized spacial score (nSPS) is 13.3. The van der Waals surface area contributed by atoms with Crippen molar-refractivity contribution in [2.75, 3.05) is 53.6 Å². The summed E-state index contributed by atoms with van der Waals surface area (Å²) >= 11 is 0. The number of amides is 2. The number of unbranched alkanes of at least 4 members (excludes halogenated alkanes) is 20. The third-order valence-electron chi connectivity index (χ3n) is 11.0. The van der Waals surface area contributed by atoms with Crippen LogP contribution in [0.25, 0.3) is 0 Å². The van der Waals surface area contributed by atoms with Crippen LogP contribution in [0, 0.1) is 0 Å². The molecule has 0 spiro atoms. The van der Waals surface area contributed by atoms with Gasteiger partial charge in [0.15, 0.2) is 12.2 Å². The number of phosphoric ester groups is 1. The van der Waals surface area contributed by atoms with E-state index in [9.17, 15) is 38.2 Å². The van der Waals surface area contributed by atoms with Gasteiger partial charge in [-0.1, -0.05) is 142 Å². The third kappa shape index (κ3) is 42.7. The first-order valence-electron chi connectivity index (χ1n) is 26.7. The van der Waals surface area contributed by atoms with Crippen LogP contribution in [0.1, 0.15) is 222 Å². The number of phosphoric acid groups is 1. The molecule has 0 fully saturated rings. The Morgan fingerprint density at radius 2 is 0.718 bits per heavy atom. The molecule has 0 aromatic rings. The second-order valence-corrected chi connectivity index (χ2v) is 22.0. The molecule has 0 radical (unpaired) electrons. The van der Waals surface area contributed by atoms with Gasteiger partial charge >= 0.3 is 43.9 Å². The lowest BCUT2D eigenvalue weighted by molar-refractivity contribution is -0.162. The Hall–Kier alpha value is -3.47. The first kappa shape index (κ1) is 67.5. The Kier molecular flexibility index (Phi) is 38.0. The van der Waals surface area contributed by atoms with Gasteiger partial charge in [-0.15, -0.1) is 0 Å². The second kappa shape index (κ2) is 40.0. The summed E-state index contributed by atoms with van der Waals surface area (Å²) in [6.45, 7) is 11.9. The molecule has 18 nitrogen and oxygen atoms in total. The van der Waals surface area contributed by atoms with E-state index in [1.807, 2.05) is 0 Å². The predicted octanol–water partition coefficient (Wildman–Crippen LogP) is 11.9. The van der Waals surface area contributed by atoms with Gasteiger partial charge in [0.1, 0.15) is 24.4 Å². The molecule has 3 unspecified atom stereocenters. The van der Waals surface area contributed by atoms with Crippen LogP contribution >= 0.6 is 7.82 Å². The zero-order valence-electron chi connectivity index (χ0n) is 45.7. The summed E-state index contributed by atoms with van der Waals surface area (Å²) in [5.41, 5.74) is -1.53. The molecule has 19 heteroatoms. The van der Waals surface area contributed by atoms with Crippen LogP contribution in [0.4, 0.5) is 9.59 Å². The largest absolute Gasteiger partial charge is 0.472 e. The summed E-state index contributed by atoms with van der Waals surface area (Å²) in [6.07, 6.45) is 20.2. The first-order valence-corrected chi connectivity index (χ1v) is 28.2. The van der Waals surface area contributed by atoms with Crippen LogP contribution in [-0.4, -0.2) is 128 Å². The minimum Gasteiger partial charge on any atom is -0.462 e. The number of rotatable bonds is 42. The molecule has 2 amide bonds. The van der Waals surface area contributed by atoms with Crippen molar-refractivity contribution in [2.45, 2.75) is 246 Å². The van der Waals surface area contributed by atoms with Crippen LogP contribution in [0.15, 0.2) is 0 Å². The summed E-state index contributed by atoms with van der Waals surface area (Å²) in [6, 6.07) is 0. The fourth-order valence-corrected chi connectivity index (χ4v) is 7.66. The van der Waals surface area contributed by atoms with Gasteiger partial charge in [0.25, 0.3) is 0 Å². The van der Waals surface area contributed by atoms with Crippen LogP contribution in [0.3, 0.4) is 0 Å². The summed E-state index contributed by atoms with van der Waals surface area (Å²) in [7, 11) is -2.10. The van der Waals surface area contributed by atoms with Gasteiger partial charge in [-0.3, -0.25) is 28.2 Å². The minimum absolute atomic E-state index is 0.0644. The van der Waals surface area contributed by atoms with E-state index in [0.717, 1.165) is 44.9 Å². The monoisotopic (exact) mass is 1040 g/mol. The van der Waals surface area contributed by atoms with Crippen LogP contribution < -0.4 is 0 Å². The molecular formula is C52H97N2O16P. The van der Waals surface area contributed by atoms with Crippen LogP contribution in [0.2, 0.25) is 0 Å². The topological polar surface area (TPSA) is 220 Å². The summed E-state index contributed by atoms with van der Waals surface area (Å²) in [5.74, 6) is -2.72. The molecule has 0 saturated heterocycles. The van der Waals surface area contributed by atoms with E-state index in [-0.39, 0.29) is 38.8 Å². The molecule has 0 aliphatic carbocycles. The highest BCUT2D eigenvalue weighted by atomic mass is 31.2. The van der Waals surface area contributed by atoms with Crippen molar-refractivity contribution < 1.29 is 75.7 Å². The van der Waals surface area contributed by atoms with Crippen molar-refractivity contribution in [3.63, 3.8) is 0 Å². The lowest BCUT2D eigenvalue weighted by atomic mass is 10.1. The maximum Gasteiger partial charge on any atom is 0.472 e. The van der Waals surface area contributed by atoms with Crippen LogP contribution in [0.5, 0.6) is 0 Å². The van der Waals surface area contributed by atoms with Gasteiger partial charge in [0, 0.05) is 40.0 Å². The number of carbonyl (C=O) groups is 6. The number of hydrogen-bond donors (Lipinski definition) is 1. The quantitative estimate of drug-likeness (QED) is 0.0260. The SMILES string of the molecule is CCCCCCCCCCCCCC(=O)OCC(COP(=O)(O)OCC(COC(=O)CCN(C)C(=O)OC(C)(C)C)OC(=O)CCN(C)C(=O)OC(C)(C)C)OC(=O)CCCCCCCCCCCCC. The van der Waals surface area contributed by atoms with Gasteiger partial charge in [0.05, 0.1) is 26.1 Å². The Balaban J connectivity index is 5.57. The zero-order chi connectivity index (χ0) is 53.6. The minimum atomic E-state index is -4.98. The highest BCUT2D eigenvalue weighted by molar-refractivity contribution is 7.47. The Bertz CT molecular complexity index is 1520. The standard InChI is InChI=1S/C52H97N2O16P/c1-11-13-15-17-19-21-23-25-27-29-31-33-45(55)63-39-43(67-47(57)34-32-30-28-26-24-22-20-18-16-14-12-2)41-65-71(61,62)66-42-44(68-48(58)36-38-54(10)50(60)70-52(6,7)8)40-64-46(56)35-37-53(9)49(59)69-51(3,4)5/h43-44H,11-42H2,1-10H3,(H,61,62). The van der Waals surface area contributed by atoms with E-state index in [1.165, 1.54) is 107 Å². The summed E-state index contributed by atoms with van der Waals surface area (Å²) in [5, 5.41) is 0. The fourth-order valence-electron chi connectivity index (χ4n) is 6.88. The van der Waals surface area contributed by atoms with E-state index >= 15 is 0 Å². The molecule has 0 aliphatic rings. The van der Waals surface area contributed by atoms with Crippen LogP contribution in [-0.2, 0) is 61.2 Å². The van der Waals surface area contributed by atoms with Crippen molar-refractivity contribution in [2.24, 2.45) is 0 Å². The average Bonchev–Trinajstić information content (AvgIpc) is 3.28. The Morgan fingerprint density at radius 3 is 1.06 bits per heavy atom. The van der Waals surface area contributed by atoms with E-state index < -0.39 is 93.7 Å². The molecule has 0 bridgehead atoms. The lowest BCUT2D eigenvalue weighted by Crippen LogP contribution is -2.36. The van der Waals surface area contributed by atoms with E-state index in [1.54, 1.807) is 41.5 Å². The predicted molar refractivity (Wildman–Crippen MR) is 273 cm³/mol. The first-order chi connectivity index (χ1) is 33.5. The molecule has 71 heavy (non-hydrogen) atoms. The van der Waals surface area contributed by atoms with Crippen molar-refractivity contribution in [3.8, 4) is 0 Å². The molecular weight excluding hydrogens is 940 g/mol. The summed E-state index contributed by atoms with van der Waals surface area (Å²) < 4.78 is 56.0. The van der Waals surface area contributed by atoms with Gasteiger partial charge < -0.3 is 43.1 Å². The van der Waals surface area contributed by atoms with Gasteiger partial charge in [-0.2, -0.15) is 0 Å². The number of ether oxygens (including phenoxy) is 6. The van der Waals surface area contributed by atoms with Gasteiger partial charge in [-0.25, -0.2) is 14.2 Å².